The van der Waals surface area contributed by atoms with E-state index < -0.39 is 0 Å². The monoisotopic (exact) mass is 334 g/mol. The number of carbonyl (C=O) groups excluding carboxylic acids is 1. The number of hydrogen-bond donors (Lipinski definition) is 1. The molecule has 126 valence electrons. The molecule has 23 heavy (non-hydrogen) atoms. The molecule has 2 saturated heterocycles. The second-order valence-electron chi connectivity index (χ2n) is 7.27. The fourth-order valence-electron chi connectivity index (χ4n) is 3.85. The van der Waals surface area contributed by atoms with Crippen LogP contribution in [0.25, 0.3) is 0 Å². The number of nitrogens with one attached hydrogen (secondary N) is 1. The van der Waals surface area contributed by atoms with E-state index in [0.717, 1.165) is 44.8 Å². The predicted octanol–water partition coefficient (Wildman–Crippen LogP) is 2.70. The molecule has 2 aliphatic heterocycles. The van der Waals surface area contributed by atoms with Crippen molar-refractivity contribution in [1.82, 2.24) is 10.2 Å². The minimum absolute atomic E-state index is 0.114. The summed E-state index contributed by atoms with van der Waals surface area (Å²) in [7, 11) is 0. The summed E-state index contributed by atoms with van der Waals surface area (Å²) >= 11 is 1.89. The van der Waals surface area contributed by atoms with Crippen molar-refractivity contribution < 1.29 is 9.53 Å². The first-order chi connectivity index (χ1) is 11.2. The van der Waals surface area contributed by atoms with Crippen LogP contribution in [-0.2, 0) is 16.1 Å². The van der Waals surface area contributed by atoms with Gasteiger partial charge in [-0.25, -0.2) is 0 Å². The highest BCUT2D eigenvalue weighted by Gasteiger charge is 2.41. The van der Waals surface area contributed by atoms with Gasteiger partial charge in [-0.15, -0.1) is 11.3 Å². The van der Waals surface area contributed by atoms with Crippen molar-refractivity contribution >= 4 is 17.2 Å². The molecule has 1 aromatic rings. The van der Waals surface area contributed by atoms with Gasteiger partial charge in [0.15, 0.2) is 0 Å². The van der Waals surface area contributed by atoms with Crippen LogP contribution >= 0.6 is 11.3 Å². The van der Waals surface area contributed by atoms with Gasteiger partial charge in [-0.3, -0.25) is 9.69 Å². The van der Waals surface area contributed by atoms with Gasteiger partial charge in [0.25, 0.3) is 0 Å². The summed E-state index contributed by atoms with van der Waals surface area (Å²) in [5.41, 5.74) is 0. The zero-order valence-electron chi connectivity index (χ0n) is 13.8. The third-order valence-electron chi connectivity index (χ3n) is 5.37. The molecule has 0 aromatic carbocycles. The molecular weight excluding hydrogens is 308 g/mol. The van der Waals surface area contributed by atoms with Gasteiger partial charge in [0.1, 0.15) is 6.10 Å². The summed E-state index contributed by atoms with van der Waals surface area (Å²) in [6.07, 6.45) is 5.55. The molecule has 1 N–H and O–H groups in total. The third-order valence-corrected chi connectivity index (χ3v) is 6.36. The molecule has 1 aliphatic carbocycles. The van der Waals surface area contributed by atoms with Gasteiger partial charge in [0.05, 0.1) is 6.10 Å². The van der Waals surface area contributed by atoms with E-state index >= 15 is 0 Å². The van der Waals surface area contributed by atoms with Crippen LogP contribution in [0.4, 0.5) is 0 Å². The topological polar surface area (TPSA) is 41.6 Å². The van der Waals surface area contributed by atoms with Crippen LogP contribution in [0, 0.1) is 12.8 Å². The Morgan fingerprint density at radius 3 is 2.91 bits per heavy atom. The van der Waals surface area contributed by atoms with Gasteiger partial charge in [-0.2, -0.15) is 0 Å². The molecule has 0 unspecified atom stereocenters. The summed E-state index contributed by atoms with van der Waals surface area (Å²) in [4.78, 5) is 17.6. The zero-order valence-corrected chi connectivity index (χ0v) is 14.6. The molecule has 0 bridgehead atoms. The first-order valence-corrected chi connectivity index (χ1v) is 9.73. The first-order valence-electron chi connectivity index (χ1n) is 8.91. The van der Waals surface area contributed by atoms with Gasteiger partial charge >= 0.3 is 0 Å². The van der Waals surface area contributed by atoms with E-state index in [9.17, 15) is 4.79 Å². The number of likely N-dealkylation sites (tertiary alicyclic amines) is 1. The van der Waals surface area contributed by atoms with Crippen LogP contribution < -0.4 is 5.32 Å². The third kappa shape index (κ3) is 3.62. The standard InChI is InChI=1S/C18H26N2O2S/c1-12-2-5-14(23-12)11-20-9-8-16-15(20)6-7-17(22-16)18(21)19-10-13-3-4-13/h2,5,13,15-17H,3-4,6-11H2,1H3,(H,19,21)/t15-,16-,17-/m0/s1. The number of ether oxygens (including phenoxy) is 1. The molecule has 3 aliphatic rings. The number of carbonyl (C=O) groups is 1. The van der Waals surface area contributed by atoms with Crippen molar-refractivity contribution in [3.63, 3.8) is 0 Å². The summed E-state index contributed by atoms with van der Waals surface area (Å²) in [5.74, 6) is 0.842. The molecule has 0 spiro atoms. The number of fused-ring (bicyclic) bond motifs is 1. The molecular formula is C18H26N2O2S. The van der Waals surface area contributed by atoms with E-state index in [1.54, 1.807) is 0 Å². The molecule has 4 nitrogen and oxygen atoms in total. The Kier molecular flexibility index (Phi) is 4.43. The lowest BCUT2D eigenvalue weighted by Crippen LogP contribution is -2.47. The number of nitrogens with zero attached hydrogens (tertiary/aromatic N) is 1. The number of aryl methyl sites for hydroxylation is 1. The SMILES string of the molecule is Cc1ccc(CN2CC[C@@H]3O[C@H](C(=O)NCC4CC4)CC[C@@H]32)s1. The molecule has 1 amide bonds. The van der Waals surface area contributed by atoms with Gasteiger partial charge in [-0.05, 0) is 57.1 Å². The van der Waals surface area contributed by atoms with Crippen molar-refractivity contribution in [2.24, 2.45) is 5.92 Å². The lowest BCUT2D eigenvalue weighted by atomic mass is 9.98. The van der Waals surface area contributed by atoms with E-state index in [1.807, 2.05) is 11.3 Å². The maximum atomic E-state index is 12.2. The molecule has 0 radical (unpaired) electrons. The Morgan fingerprint density at radius 1 is 1.30 bits per heavy atom. The number of thiophene rings is 1. The van der Waals surface area contributed by atoms with Gasteiger partial charge in [-0.1, -0.05) is 0 Å². The maximum Gasteiger partial charge on any atom is 0.249 e. The summed E-state index contributed by atoms with van der Waals surface area (Å²) in [6.45, 7) is 5.12. The smallest absolute Gasteiger partial charge is 0.249 e. The van der Waals surface area contributed by atoms with E-state index in [2.05, 4.69) is 29.3 Å². The molecule has 3 atom stereocenters. The van der Waals surface area contributed by atoms with E-state index in [0.29, 0.717) is 6.04 Å². The minimum Gasteiger partial charge on any atom is -0.363 e. The quantitative estimate of drug-likeness (QED) is 0.900. The Hall–Kier alpha value is -0.910. The van der Waals surface area contributed by atoms with Gasteiger partial charge in [0.2, 0.25) is 5.91 Å². The highest BCUT2D eigenvalue weighted by molar-refractivity contribution is 7.11. The van der Waals surface area contributed by atoms with Crippen molar-refractivity contribution in [3.8, 4) is 0 Å². The van der Waals surface area contributed by atoms with Crippen molar-refractivity contribution in [1.29, 1.82) is 0 Å². The number of rotatable bonds is 5. The second-order valence-corrected chi connectivity index (χ2v) is 8.64. The zero-order chi connectivity index (χ0) is 15.8. The van der Waals surface area contributed by atoms with Crippen LogP contribution in [-0.4, -0.2) is 42.1 Å². The highest BCUT2D eigenvalue weighted by Crippen LogP contribution is 2.33. The average molecular weight is 334 g/mol. The maximum absolute atomic E-state index is 12.2. The van der Waals surface area contributed by atoms with Crippen LogP contribution in [0.3, 0.4) is 0 Å². The van der Waals surface area contributed by atoms with Gasteiger partial charge < -0.3 is 10.1 Å². The van der Waals surface area contributed by atoms with Crippen LogP contribution in [0.5, 0.6) is 0 Å². The van der Waals surface area contributed by atoms with Crippen LogP contribution in [0.15, 0.2) is 12.1 Å². The normalized spacial score (nSPS) is 31.1. The lowest BCUT2D eigenvalue weighted by Gasteiger charge is -2.35. The molecule has 3 heterocycles. The Bertz CT molecular complexity index is 569. The molecule has 4 rings (SSSR count). The van der Waals surface area contributed by atoms with Crippen molar-refractivity contribution in [2.45, 2.75) is 63.8 Å². The van der Waals surface area contributed by atoms with Crippen LogP contribution in [0.1, 0.15) is 41.9 Å². The lowest BCUT2D eigenvalue weighted by molar-refractivity contribution is -0.144. The fraction of sp³-hybridized carbons (Fsp3) is 0.722. The number of hydrogen-bond acceptors (Lipinski definition) is 4. The molecule has 5 heteroatoms. The highest BCUT2D eigenvalue weighted by atomic mass is 32.1. The van der Waals surface area contributed by atoms with E-state index in [4.69, 9.17) is 4.74 Å². The average Bonchev–Trinajstić information content (AvgIpc) is 3.18. The Morgan fingerprint density at radius 2 is 2.17 bits per heavy atom. The second kappa shape index (κ2) is 6.54. The Labute approximate surface area is 142 Å². The Balaban J connectivity index is 1.30. The summed E-state index contributed by atoms with van der Waals surface area (Å²) < 4.78 is 6.15. The summed E-state index contributed by atoms with van der Waals surface area (Å²) in [5, 5.41) is 3.07. The predicted molar refractivity (Wildman–Crippen MR) is 91.5 cm³/mol. The summed E-state index contributed by atoms with van der Waals surface area (Å²) in [6, 6.07) is 4.93. The number of amides is 1. The first kappa shape index (κ1) is 15.6. The largest absolute Gasteiger partial charge is 0.363 e. The molecule has 1 saturated carbocycles. The van der Waals surface area contributed by atoms with E-state index in [-0.39, 0.29) is 18.1 Å². The van der Waals surface area contributed by atoms with Crippen molar-refractivity contribution in [3.05, 3.63) is 21.9 Å². The van der Waals surface area contributed by atoms with E-state index in [1.165, 1.54) is 22.6 Å². The minimum atomic E-state index is -0.223. The fourth-order valence-corrected chi connectivity index (χ4v) is 4.77. The van der Waals surface area contributed by atoms with Gasteiger partial charge in [0, 0.05) is 35.4 Å². The molecule has 1 aromatic heterocycles. The van der Waals surface area contributed by atoms with Crippen LogP contribution in [0.2, 0.25) is 0 Å². The molecule has 3 fully saturated rings. The van der Waals surface area contributed by atoms with Crippen molar-refractivity contribution in [2.75, 3.05) is 13.1 Å².